The Kier molecular flexibility index (Phi) is 6.12. The van der Waals surface area contributed by atoms with Gasteiger partial charge in [0, 0.05) is 12.6 Å². The van der Waals surface area contributed by atoms with Gasteiger partial charge in [0.25, 0.3) is 0 Å². The molecule has 5 heteroatoms. The van der Waals surface area contributed by atoms with Gasteiger partial charge in [-0.1, -0.05) is 20.3 Å². The molecule has 0 aliphatic carbocycles. The molecule has 0 spiro atoms. The minimum Gasteiger partial charge on any atom is -0.480 e. The minimum atomic E-state index is -0.899. The predicted octanol–water partition coefficient (Wildman–Crippen LogP) is 2.46. The van der Waals surface area contributed by atoms with Crippen LogP contribution in [0.1, 0.15) is 52.9 Å². The van der Waals surface area contributed by atoms with E-state index in [-0.39, 0.29) is 12.1 Å². The lowest BCUT2D eigenvalue weighted by molar-refractivity contribution is -0.143. The molecule has 2 N–H and O–H groups in total. The first-order valence-corrected chi connectivity index (χ1v) is 7.25. The first kappa shape index (κ1) is 15.8. The molecule has 2 amide bonds. The number of likely N-dealkylation sites (tertiary alicyclic amines) is 1. The molecular weight excluding hydrogens is 244 g/mol. The van der Waals surface area contributed by atoms with Gasteiger partial charge in [-0.3, -0.25) is 0 Å². The molecule has 0 bridgehead atoms. The van der Waals surface area contributed by atoms with Crippen LogP contribution in [0.15, 0.2) is 0 Å². The molecule has 0 saturated carbocycles. The highest BCUT2D eigenvalue weighted by molar-refractivity contribution is 5.83. The third-order valence-electron chi connectivity index (χ3n) is 3.87. The SMILES string of the molecule is CCC(C)CC(C)NC(=O)N1CCCCC1C(=O)O. The van der Waals surface area contributed by atoms with Gasteiger partial charge in [-0.2, -0.15) is 0 Å². The van der Waals surface area contributed by atoms with Crippen LogP contribution in [-0.4, -0.2) is 40.6 Å². The molecule has 19 heavy (non-hydrogen) atoms. The molecule has 1 saturated heterocycles. The average molecular weight is 270 g/mol. The van der Waals surface area contributed by atoms with E-state index in [1.807, 2.05) is 6.92 Å². The molecule has 1 fully saturated rings. The Morgan fingerprint density at radius 2 is 2.05 bits per heavy atom. The van der Waals surface area contributed by atoms with Gasteiger partial charge in [0.2, 0.25) is 0 Å². The topological polar surface area (TPSA) is 69.6 Å². The molecule has 110 valence electrons. The lowest BCUT2D eigenvalue weighted by Gasteiger charge is -2.34. The van der Waals surface area contributed by atoms with E-state index in [0.717, 1.165) is 25.7 Å². The molecule has 1 aliphatic heterocycles. The highest BCUT2D eigenvalue weighted by atomic mass is 16.4. The summed E-state index contributed by atoms with van der Waals surface area (Å²) in [5.74, 6) is -0.337. The zero-order chi connectivity index (χ0) is 14.4. The fourth-order valence-electron chi connectivity index (χ4n) is 2.55. The van der Waals surface area contributed by atoms with Gasteiger partial charge in [0.15, 0.2) is 0 Å². The molecule has 1 heterocycles. The van der Waals surface area contributed by atoms with Gasteiger partial charge in [-0.25, -0.2) is 9.59 Å². The number of nitrogens with zero attached hydrogens (tertiary/aromatic N) is 1. The van der Waals surface area contributed by atoms with Crippen molar-refractivity contribution in [1.82, 2.24) is 10.2 Å². The van der Waals surface area contributed by atoms with Crippen molar-refractivity contribution in [3.8, 4) is 0 Å². The number of amides is 2. The molecule has 0 aromatic carbocycles. The first-order chi connectivity index (χ1) is 8.95. The van der Waals surface area contributed by atoms with Crippen LogP contribution in [0.2, 0.25) is 0 Å². The summed E-state index contributed by atoms with van der Waals surface area (Å²) in [5, 5.41) is 12.1. The van der Waals surface area contributed by atoms with Crippen molar-refractivity contribution in [2.75, 3.05) is 6.54 Å². The van der Waals surface area contributed by atoms with E-state index in [0.29, 0.717) is 18.9 Å². The maximum atomic E-state index is 12.1. The highest BCUT2D eigenvalue weighted by Gasteiger charge is 2.32. The third-order valence-corrected chi connectivity index (χ3v) is 3.87. The second-order valence-electron chi connectivity index (χ2n) is 5.64. The van der Waals surface area contributed by atoms with E-state index in [1.54, 1.807) is 0 Å². The zero-order valence-corrected chi connectivity index (χ0v) is 12.2. The Balaban J connectivity index is 2.53. The van der Waals surface area contributed by atoms with Gasteiger partial charge in [0.1, 0.15) is 6.04 Å². The smallest absolute Gasteiger partial charge is 0.326 e. The van der Waals surface area contributed by atoms with E-state index in [2.05, 4.69) is 19.2 Å². The second kappa shape index (κ2) is 7.36. The fourth-order valence-corrected chi connectivity index (χ4v) is 2.55. The molecule has 0 aromatic rings. The number of hydrogen-bond donors (Lipinski definition) is 2. The van der Waals surface area contributed by atoms with Crippen molar-refractivity contribution < 1.29 is 14.7 Å². The maximum Gasteiger partial charge on any atom is 0.326 e. The summed E-state index contributed by atoms with van der Waals surface area (Å²) in [7, 11) is 0. The van der Waals surface area contributed by atoms with Crippen molar-refractivity contribution >= 4 is 12.0 Å². The van der Waals surface area contributed by atoms with Gasteiger partial charge in [-0.05, 0) is 38.5 Å². The van der Waals surface area contributed by atoms with Crippen molar-refractivity contribution in [2.24, 2.45) is 5.92 Å². The van der Waals surface area contributed by atoms with Gasteiger partial charge < -0.3 is 15.3 Å². The standard InChI is InChI=1S/C14H26N2O3/c1-4-10(2)9-11(3)15-14(19)16-8-6-5-7-12(16)13(17)18/h10-12H,4-9H2,1-3H3,(H,15,19)(H,17,18). The number of carbonyl (C=O) groups excluding carboxylic acids is 1. The Labute approximate surface area is 115 Å². The van der Waals surface area contributed by atoms with Crippen molar-refractivity contribution in [2.45, 2.75) is 65.0 Å². The number of piperidine rings is 1. The van der Waals surface area contributed by atoms with Crippen LogP contribution in [0.3, 0.4) is 0 Å². The Morgan fingerprint density at radius 3 is 2.63 bits per heavy atom. The number of urea groups is 1. The molecule has 5 nitrogen and oxygen atoms in total. The van der Waals surface area contributed by atoms with E-state index in [4.69, 9.17) is 5.11 Å². The number of carboxylic acid groups (broad SMARTS) is 1. The van der Waals surface area contributed by atoms with E-state index >= 15 is 0 Å². The van der Waals surface area contributed by atoms with E-state index < -0.39 is 12.0 Å². The van der Waals surface area contributed by atoms with Gasteiger partial charge >= 0.3 is 12.0 Å². The van der Waals surface area contributed by atoms with Crippen LogP contribution in [0, 0.1) is 5.92 Å². The van der Waals surface area contributed by atoms with Crippen LogP contribution in [0.25, 0.3) is 0 Å². The number of nitrogens with one attached hydrogen (secondary N) is 1. The van der Waals surface area contributed by atoms with Crippen molar-refractivity contribution in [1.29, 1.82) is 0 Å². The fraction of sp³-hybridized carbons (Fsp3) is 0.857. The summed E-state index contributed by atoms with van der Waals surface area (Å²) in [6, 6.07) is -0.814. The van der Waals surface area contributed by atoms with Crippen LogP contribution in [0.4, 0.5) is 4.79 Å². The quantitative estimate of drug-likeness (QED) is 0.806. The largest absolute Gasteiger partial charge is 0.480 e. The lowest BCUT2D eigenvalue weighted by Crippen LogP contribution is -2.53. The van der Waals surface area contributed by atoms with Crippen LogP contribution >= 0.6 is 0 Å². The summed E-state index contributed by atoms with van der Waals surface area (Å²) in [6.07, 6.45) is 4.33. The summed E-state index contributed by atoms with van der Waals surface area (Å²) in [5.41, 5.74) is 0. The van der Waals surface area contributed by atoms with Crippen LogP contribution < -0.4 is 5.32 Å². The monoisotopic (exact) mass is 270 g/mol. The zero-order valence-electron chi connectivity index (χ0n) is 12.2. The van der Waals surface area contributed by atoms with Gasteiger partial charge in [-0.15, -0.1) is 0 Å². The Bertz CT molecular complexity index is 320. The number of aliphatic carboxylic acids is 1. The summed E-state index contributed by atoms with van der Waals surface area (Å²) < 4.78 is 0. The number of hydrogen-bond acceptors (Lipinski definition) is 2. The molecule has 3 unspecified atom stereocenters. The normalized spacial score (nSPS) is 22.7. The predicted molar refractivity (Wildman–Crippen MR) is 74.0 cm³/mol. The number of carbonyl (C=O) groups is 2. The second-order valence-corrected chi connectivity index (χ2v) is 5.64. The average Bonchev–Trinajstić information content (AvgIpc) is 2.38. The molecule has 1 rings (SSSR count). The number of rotatable bonds is 5. The highest BCUT2D eigenvalue weighted by Crippen LogP contribution is 2.18. The van der Waals surface area contributed by atoms with Crippen LogP contribution in [-0.2, 0) is 4.79 Å². The maximum absolute atomic E-state index is 12.1. The Morgan fingerprint density at radius 1 is 1.37 bits per heavy atom. The molecular formula is C14H26N2O3. The summed E-state index contributed by atoms with van der Waals surface area (Å²) >= 11 is 0. The molecule has 0 radical (unpaired) electrons. The Hall–Kier alpha value is -1.26. The lowest BCUT2D eigenvalue weighted by atomic mass is 10.00. The summed E-state index contributed by atoms with van der Waals surface area (Å²) in [6.45, 7) is 6.80. The molecule has 1 aliphatic rings. The molecule has 3 atom stereocenters. The van der Waals surface area contributed by atoms with Crippen molar-refractivity contribution in [3.05, 3.63) is 0 Å². The first-order valence-electron chi connectivity index (χ1n) is 7.25. The third kappa shape index (κ3) is 4.73. The van der Waals surface area contributed by atoms with Gasteiger partial charge in [0.05, 0.1) is 0 Å². The van der Waals surface area contributed by atoms with Crippen molar-refractivity contribution in [3.63, 3.8) is 0 Å². The van der Waals surface area contributed by atoms with E-state index in [9.17, 15) is 9.59 Å². The van der Waals surface area contributed by atoms with E-state index in [1.165, 1.54) is 4.90 Å². The molecule has 0 aromatic heterocycles. The minimum absolute atomic E-state index is 0.0822. The summed E-state index contributed by atoms with van der Waals surface area (Å²) in [4.78, 5) is 24.8. The van der Waals surface area contributed by atoms with Crippen LogP contribution in [0.5, 0.6) is 0 Å². The number of carboxylic acids is 1.